The maximum atomic E-state index is 12.0. The first-order chi connectivity index (χ1) is 11.0. The Morgan fingerprint density at radius 2 is 1.78 bits per heavy atom. The predicted octanol–water partition coefficient (Wildman–Crippen LogP) is 4.08. The number of hydrogen-bond acceptors (Lipinski definition) is 3. The first-order valence-corrected chi connectivity index (χ1v) is 7.87. The first-order valence-electron chi connectivity index (χ1n) is 6.70. The summed E-state index contributed by atoms with van der Waals surface area (Å²) in [4.78, 5) is 23.2. The van der Waals surface area contributed by atoms with Gasteiger partial charge in [-0.3, -0.25) is 9.59 Å². The van der Waals surface area contributed by atoms with Crippen LogP contribution in [-0.4, -0.2) is 18.4 Å². The van der Waals surface area contributed by atoms with Crippen molar-refractivity contribution >= 4 is 50.7 Å². The van der Waals surface area contributed by atoms with Crippen molar-refractivity contribution in [2.24, 2.45) is 0 Å². The number of hydrogen-bond donors (Lipinski definition) is 2. The lowest BCUT2D eigenvalue weighted by Crippen LogP contribution is -2.21. The van der Waals surface area contributed by atoms with Crippen LogP contribution in [0.25, 0.3) is 0 Å². The van der Waals surface area contributed by atoms with Crippen LogP contribution in [0.2, 0.25) is 5.02 Å². The molecule has 0 bridgehead atoms. The summed E-state index contributed by atoms with van der Waals surface area (Å²) in [6.07, 6.45) is 0. The van der Waals surface area contributed by atoms with Gasteiger partial charge in [-0.15, -0.1) is 0 Å². The number of benzene rings is 2. The van der Waals surface area contributed by atoms with Gasteiger partial charge in [0.15, 0.2) is 6.61 Å². The normalized spacial score (nSPS) is 10.0. The van der Waals surface area contributed by atoms with E-state index in [1.54, 1.807) is 42.5 Å². The summed E-state index contributed by atoms with van der Waals surface area (Å²) < 4.78 is 6.11. The predicted molar refractivity (Wildman–Crippen MR) is 94.0 cm³/mol. The van der Waals surface area contributed by atoms with Crippen molar-refractivity contribution in [3.63, 3.8) is 0 Å². The molecule has 2 N–H and O–H groups in total. The fourth-order valence-corrected chi connectivity index (χ4v) is 2.61. The molecule has 0 aromatic heterocycles. The molecular formula is C16H14BrClN2O3. The topological polar surface area (TPSA) is 67.4 Å². The van der Waals surface area contributed by atoms with E-state index in [-0.39, 0.29) is 18.4 Å². The Bertz CT molecular complexity index is 737. The zero-order valence-electron chi connectivity index (χ0n) is 12.2. The van der Waals surface area contributed by atoms with Crippen LogP contribution in [0.3, 0.4) is 0 Å². The summed E-state index contributed by atoms with van der Waals surface area (Å²) >= 11 is 9.16. The third-order valence-corrected chi connectivity index (χ3v) is 3.62. The number of anilines is 2. The minimum Gasteiger partial charge on any atom is -0.483 e. The average Bonchev–Trinajstić information content (AvgIpc) is 2.48. The molecule has 2 amide bonds. The molecule has 7 heteroatoms. The monoisotopic (exact) mass is 396 g/mol. The van der Waals surface area contributed by atoms with Gasteiger partial charge in [0.1, 0.15) is 5.75 Å². The van der Waals surface area contributed by atoms with Crippen LogP contribution < -0.4 is 15.4 Å². The van der Waals surface area contributed by atoms with Crippen molar-refractivity contribution in [2.75, 3.05) is 17.2 Å². The summed E-state index contributed by atoms with van der Waals surface area (Å²) in [7, 11) is 0. The van der Waals surface area contributed by atoms with Gasteiger partial charge in [0.2, 0.25) is 5.91 Å². The number of rotatable bonds is 5. The van der Waals surface area contributed by atoms with Crippen molar-refractivity contribution in [1.82, 2.24) is 0 Å². The Balaban J connectivity index is 1.98. The fraction of sp³-hybridized carbons (Fsp3) is 0.125. The Morgan fingerprint density at radius 3 is 2.39 bits per heavy atom. The van der Waals surface area contributed by atoms with Crippen LogP contribution in [0, 0.1) is 0 Å². The van der Waals surface area contributed by atoms with Crippen LogP contribution >= 0.6 is 27.5 Å². The van der Waals surface area contributed by atoms with Gasteiger partial charge < -0.3 is 15.4 Å². The molecule has 0 radical (unpaired) electrons. The number of carbonyl (C=O) groups excluding carboxylic acids is 2. The van der Waals surface area contributed by atoms with Gasteiger partial charge in [-0.25, -0.2) is 0 Å². The molecular weight excluding hydrogens is 384 g/mol. The van der Waals surface area contributed by atoms with E-state index in [0.29, 0.717) is 26.6 Å². The number of ether oxygens (including phenoxy) is 1. The minimum absolute atomic E-state index is 0.172. The number of para-hydroxylation sites is 2. The maximum absolute atomic E-state index is 12.0. The van der Waals surface area contributed by atoms with Crippen LogP contribution in [0.5, 0.6) is 5.75 Å². The van der Waals surface area contributed by atoms with E-state index in [1.165, 1.54) is 6.92 Å². The van der Waals surface area contributed by atoms with Gasteiger partial charge in [-0.1, -0.05) is 23.7 Å². The molecule has 0 aliphatic rings. The molecule has 2 aromatic rings. The van der Waals surface area contributed by atoms with E-state index < -0.39 is 0 Å². The highest BCUT2D eigenvalue weighted by molar-refractivity contribution is 9.10. The zero-order valence-corrected chi connectivity index (χ0v) is 14.6. The zero-order chi connectivity index (χ0) is 16.8. The third-order valence-electron chi connectivity index (χ3n) is 2.76. The highest BCUT2D eigenvalue weighted by atomic mass is 79.9. The van der Waals surface area contributed by atoms with Crippen molar-refractivity contribution in [3.8, 4) is 5.75 Å². The molecule has 2 rings (SSSR count). The van der Waals surface area contributed by atoms with Gasteiger partial charge in [0.05, 0.1) is 15.8 Å². The first kappa shape index (κ1) is 17.3. The van der Waals surface area contributed by atoms with E-state index >= 15 is 0 Å². The van der Waals surface area contributed by atoms with Crippen LogP contribution in [-0.2, 0) is 9.59 Å². The molecule has 0 heterocycles. The summed E-state index contributed by atoms with van der Waals surface area (Å²) in [5.74, 6) is -0.0441. The Hall–Kier alpha value is -2.05. The van der Waals surface area contributed by atoms with Crippen molar-refractivity contribution < 1.29 is 14.3 Å². The lowest BCUT2D eigenvalue weighted by atomic mass is 10.2. The molecule has 0 fully saturated rings. The van der Waals surface area contributed by atoms with E-state index in [2.05, 4.69) is 26.6 Å². The molecule has 0 unspecified atom stereocenters. The van der Waals surface area contributed by atoms with E-state index in [4.69, 9.17) is 16.3 Å². The van der Waals surface area contributed by atoms with Crippen LogP contribution in [0.15, 0.2) is 46.9 Å². The van der Waals surface area contributed by atoms with Gasteiger partial charge in [0, 0.05) is 11.9 Å². The number of halogens is 2. The van der Waals surface area contributed by atoms with Gasteiger partial charge in [-0.2, -0.15) is 0 Å². The highest BCUT2D eigenvalue weighted by Crippen LogP contribution is 2.28. The molecule has 0 aliphatic carbocycles. The SMILES string of the molecule is CC(=O)Nc1ccccc1NC(=O)COc1ccc(Cl)cc1Br. The van der Waals surface area contributed by atoms with Crippen LogP contribution in [0.1, 0.15) is 6.92 Å². The second kappa shape index (κ2) is 7.99. The maximum Gasteiger partial charge on any atom is 0.262 e. The molecule has 0 saturated heterocycles. The minimum atomic E-state index is -0.343. The highest BCUT2D eigenvalue weighted by Gasteiger charge is 2.09. The molecule has 120 valence electrons. The second-order valence-corrected chi connectivity index (χ2v) is 5.93. The van der Waals surface area contributed by atoms with Gasteiger partial charge >= 0.3 is 0 Å². The average molecular weight is 398 g/mol. The van der Waals surface area contributed by atoms with E-state index in [9.17, 15) is 9.59 Å². The molecule has 0 saturated carbocycles. The third kappa shape index (κ3) is 5.26. The summed E-state index contributed by atoms with van der Waals surface area (Å²) in [6, 6.07) is 12.0. The number of amides is 2. The standard InChI is InChI=1S/C16H14BrClN2O3/c1-10(21)19-13-4-2-3-5-14(13)20-16(22)9-23-15-7-6-11(18)8-12(15)17/h2-8H,9H2,1H3,(H,19,21)(H,20,22). The van der Waals surface area contributed by atoms with Crippen molar-refractivity contribution in [3.05, 3.63) is 52.0 Å². The molecule has 2 aromatic carbocycles. The Morgan fingerprint density at radius 1 is 1.13 bits per heavy atom. The van der Waals surface area contributed by atoms with Crippen LogP contribution in [0.4, 0.5) is 11.4 Å². The number of carbonyl (C=O) groups is 2. The van der Waals surface area contributed by atoms with E-state index in [0.717, 1.165) is 0 Å². The fourth-order valence-electron chi connectivity index (χ4n) is 1.81. The Kier molecular flexibility index (Phi) is 6.01. The Labute approximate surface area is 147 Å². The number of nitrogens with one attached hydrogen (secondary N) is 2. The van der Waals surface area contributed by atoms with Gasteiger partial charge in [-0.05, 0) is 46.3 Å². The molecule has 0 spiro atoms. The van der Waals surface area contributed by atoms with E-state index in [1.807, 2.05) is 0 Å². The molecule has 5 nitrogen and oxygen atoms in total. The molecule has 0 atom stereocenters. The lowest BCUT2D eigenvalue weighted by molar-refractivity contribution is -0.118. The second-order valence-electron chi connectivity index (χ2n) is 4.64. The van der Waals surface area contributed by atoms with Gasteiger partial charge in [0.25, 0.3) is 5.91 Å². The molecule has 0 aliphatic heterocycles. The summed E-state index contributed by atoms with van der Waals surface area (Å²) in [5.41, 5.74) is 1.03. The summed E-state index contributed by atoms with van der Waals surface area (Å²) in [6.45, 7) is 1.23. The smallest absolute Gasteiger partial charge is 0.262 e. The van der Waals surface area contributed by atoms with Crippen molar-refractivity contribution in [2.45, 2.75) is 6.92 Å². The summed E-state index contributed by atoms with van der Waals surface area (Å²) in [5, 5.41) is 5.92. The van der Waals surface area contributed by atoms with Crippen molar-refractivity contribution in [1.29, 1.82) is 0 Å². The lowest BCUT2D eigenvalue weighted by Gasteiger charge is -2.12. The molecule has 23 heavy (non-hydrogen) atoms. The quantitative estimate of drug-likeness (QED) is 0.799. The largest absolute Gasteiger partial charge is 0.483 e.